The predicted molar refractivity (Wildman–Crippen MR) is 172 cm³/mol. The fourth-order valence-electron chi connectivity index (χ4n) is 6.20. The Kier molecular flexibility index (Phi) is 11.6. The van der Waals surface area contributed by atoms with Crippen LogP contribution in [0.25, 0.3) is 0 Å². The Morgan fingerprint density at radius 3 is 1.32 bits per heavy atom. The van der Waals surface area contributed by atoms with E-state index in [0.29, 0.717) is 17.3 Å². The Balaban J connectivity index is 2.14. The Labute approximate surface area is 257 Å². The van der Waals surface area contributed by atoms with Gasteiger partial charge in [0.2, 0.25) is 0 Å². The second-order valence-corrected chi connectivity index (χ2v) is 19.4. The lowest BCUT2D eigenvalue weighted by Crippen LogP contribution is -2.27. The molecule has 0 amide bonds. The molecule has 6 atom stereocenters. The number of hydrogen-bond acceptors (Lipinski definition) is 6. The number of rotatable bonds is 7. The molecule has 0 aromatic heterocycles. The normalized spacial score (nSPS) is 23.2. The largest absolute Gasteiger partial charge is 0.616 e. The van der Waals surface area contributed by atoms with Gasteiger partial charge in [0, 0.05) is 50.1 Å². The van der Waals surface area contributed by atoms with E-state index in [-0.39, 0.29) is 34.5 Å². The molecule has 2 heterocycles. The molecule has 0 N–H and O–H groups in total. The van der Waals surface area contributed by atoms with Crippen molar-refractivity contribution in [2.75, 3.05) is 18.8 Å². The third-order valence-electron chi connectivity index (χ3n) is 7.95. The second-order valence-electron chi connectivity index (χ2n) is 10.7. The molecule has 222 valence electrons. The van der Waals surface area contributed by atoms with Crippen LogP contribution in [0.2, 0.25) is 0 Å². The fraction of sp³-hybridized carbons (Fsp3) is 0.571. The molecule has 0 saturated heterocycles. The molecule has 2 aromatic carbocycles. The molecule has 40 heavy (non-hydrogen) atoms. The lowest BCUT2D eigenvalue weighted by molar-refractivity contribution is 0.585. The van der Waals surface area contributed by atoms with Crippen LogP contribution in [0.15, 0.2) is 0 Å². The zero-order valence-corrected chi connectivity index (χ0v) is 28.9. The first-order chi connectivity index (χ1) is 18.8. The maximum atomic E-state index is 14.0. The number of fused-ring (bicyclic) bond motifs is 4. The maximum Gasteiger partial charge on any atom is 0.131 e. The minimum Gasteiger partial charge on any atom is -0.616 e. The highest BCUT2D eigenvalue weighted by Gasteiger charge is 2.37. The van der Waals surface area contributed by atoms with Crippen LogP contribution >= 0.6 is 0 Å². The molecule has 4 bridgehead atoms. The quantitative estimate of drug-likeness (QED) is 0.416. The summed E-state index contributed by atoms with van der Waals surface area (Å²) in [5.41, 5.74) is 10.5. The summed E-state index contributed by atoms with van der Waals surface area (Å²) < 4.78 is 80.0. The van der Waals surface area contributed by atoms with Crippen molar-refractivity contribution in [3.8, 4) is 0 Å². The van der Waals surface area contributed by atoms with Gasteiger partial charge in [-0.1, -0.05) is 40.5 Å². The summed E-state index contributed by atoms with van der Waals surface area (Å²) in [5, 5.41) is 0. The fourth-order valence-corrected chi connectivity index (χ4v) is 12.9. The van der Waals surface area contributed by atoms with Crippen molar-refractivity contribution in [3.63, 3.8) is 0 Å². The molecular formula is C28H38O6S6. The lowest BCUT2D eigenvalue weighted by atomic mass is 9.88. The van der Waals surface area contributed by atoms with Crippen LogP contribution in [0, 0.1) is 13.8 Å². The van der Waals surface area contributed by atoms with Gasteiger partial charge in [0.15, 0.2) is 0 Å². The second kappa shape index (κ2) is 13.9. The topological polar surface area (TPSA) is 138 Å². The van der Waals surface area contributed by atoms with Gasteiger partial charge < -0.3 is 27.3 Å². The molecule has 0 fully saturated rings. The van der Waals surface area contributed by atoms with Gasteiger partial charge in [-0.15, -0.1) is 0 Å². The molecule has 0 saturated carbocycles. The highest BCUT2D eigenvalue weighted by atomic mass is 32.2. The van der Waals surface area contributed by atoms with Crippen molar-refractivity contribution in [1.82, 2.24) is 0 Å². The van der Waals surface area contributed by atoms with E-state index in [9.17, 15) is 27.3 Å². The first kappa shape index (κ1) is 33.2. The molecule has 4 rings (SSSR count). The van der Waals surface area contributed by atoms with Crippen molar-refractivity contribution >= 4 is 67.1 Å². The summed E-state index contributed by atoms with van der Waals surface area (Å²) >= 11 is -7.79. The van der Waals surface area contributed by atoms with Crippen LogP contribution < -0.4 is 0 Å². The standard InChI is InChI=1S/C28H38O6S6/c1-7-19-17(2)21-12-39(33)15-27-24(9-36(5)30)23(8-35(4)29)26-14-38(32)11-20(19)18(3)22(21)13-40(34)16-28(27)25(26)10-37(6)31/h7-16H2,1-6H3. The molecule has 2 aliphatic heterocycles. The summed E-state index contributed by atoms with van der Waals surface area (Å²) in [4.78, 5) is 0. The summed E-state index contributed by atoms with van der Waals surface area (Å²) in [5.74, 6) is 1.95. The monoisotopic (exact) mass is 662 g/mol. The maximum absolute atomic E-state index is 14.0. The molecular weight excluding hydrogens is 625 g/mol. The average Bonchev–Trinajstić information content (AvgIpc) is 2.84. The van der Waals surface area contributed by atoms with Crippen molar-refractivity contribution in [2.24, 2.45) is 0 Å². The van der Waals surface area contributed by atoms with Gasteiger partial charge in [0.05, 0.1) is 18.8 Å². The Hall–Kier alpha value is 0.300. The van der Waals surface area contributed by atoms with Gasteiger partial charge >= 0.3 is 0 Å². The summed E-state index contributed by atoms with van der Waals surface area (Å²) in [6.45, 7) is 6.12. The van der Waals surface area contributed by atoms with Crippen LogP contribution in [-0.2, 0) is 125 Å². The van der Waals surface area contributed by atoms with Gasteiger partial charge in [-0.3, -0.25) is 0 Å². The Morgan fingerprint density at radius 1 is 0.500 bits per heavy atom. The van der Waals surface area contributed by atoms with Crippen LogP contribution in [0.4, 0.5) is 0 Å². The average molecular weight is 663 g/mol. The number of hydrogen-bond donors (Lipinski definition) is 0. The van der Waals surface area contributed by atoms with Crippen LogP contribution in [0.5, 0.6) is 0 Å². The van der Waals surface area contributed by atoms with Gasteiger partial charge in [-0.25, -0.2) is 0 Å². The van der Waals surface area contributed by atoms with E-state index in [2.05, 4.69) is 6.92 Å². The third kappa shape index (κ3) is 7.15. The highest BCUT2D eigenvalue weighted by Crippen LogP contribution is 2.41. The van der Waals surface area contributed by atoms with E-state index in [4.69, 9.17) is 0 Å². The summed E-state index contributed by atoms with van der Waals surface area (Å²) in [7, 11) is 0. The molecule has 12 heteroatoms. The zero-order valence-electron chi connectivity index (χ0n) is 24.0. The van der Waals surface area contributed by atoms with Crippen LogP contribution in [0.1, 0.15) is 73.7 Å². The third-order valence-corrected chi connectivity index (χ3v) is 13.7. The summed E-state index contributed by atoms with van der Waals surface area (Å²) in [6, 6.07) is 0. The zero-order chi connectivity index (χ0) is 29.5. The molecule has 2 aliphatic rings. The molecule has 2 aromatic rings. The first-order valence-corrected chi connectivity index (χ1v) is 22.7. The highest BCUT2D eigenvalue weighted by molar-refractivity contribution is 7.91. The minimum absolute atomic E-state index is 0.168. The van der Waals surface area contributed by atoms with Crippen molar-refractivity contribution in [1.29, 1.82) is 0 Å². The Morgan fingerprint density at radius 2 is 0.850 bits per heavy atom. The molecule has 0 spiro atoms. The molecule has 0 radical (unpaired) electrons. The van der Waals surface area contributed by atoms with E-state index in [1.165, 1.54) is 0 Å². The van der Waals surface area contributed by atoms with E-state index in [1.54, 1.807) is 18.8 Å². The van der Waals surface area contributed by atoms with E-state index in [1.807, 2.05) is 13.8 Å². The lowest BCUT2D eigenvalue weighted by Gasteiger charge is -2.31. The van der Waals surface area contributed by atoms with Crippen molar-refractivity contribution in [3.05, 3.63) is 66.8 Å². The predicted octanol–water partition coefficient (Wildman–Crippen LogP) is 3.47. The van der Waals surface area contributed by atoms with E-state index < -0.39 is 67.1 Å². The molecule has 6 nitrogen and oxygen atoms in total. The number of benzene rings is 2. The van der Waals surface area contributed by atoms with Crippen LogP contribution in [0.3, 0.4) is 0 Å². The molecule has 6 unspecified atom stereocenters. The Bertz CT molecular complexity index is 1250. The van der Waals surface area contributed by atoms with Crippen LogP contribution in [-0.4, -0.2) is 46.1 Å². The summed E-state index contributed by atoms with van der Waals surface area (Å²) in [6.07, 6.45) is 5.55. The van der Waals surface area contributed by atoms with Crippen molar-refractivity contribution in [2.45, 2.75) is 79.0 Å². The van der Waals surface area contributed by atoms with Crippen molar-refractivity contribution < 1.29 is 27.3 Å². The van der Waals surface area contributed by atoms with E-state index in [0.717, 1.165) is 73.2 Å². The smallest absolute Gasteiger partial charge is 0.131 e. The van der Waals surface area contributed by atoms with Gasteiger partial charge in [-0.05, 0) is 70.5 Å². The van der Waals surface area contributed by atoms with Gasteiger partial charge in [0.25, 0.3) is 0 Å². The van der Waals surface area contributed by atoms with E-state index >= 15 is 0 Å². The van der Waals surface area contributed by atoms with Gasteiger partial charge in [0.1, 0.15) is 51.8 Å². The molecule has 0 aliphatic carbocycles. The minimum atomic E-state index is -1.34. The first-order valence-electron chi connectivity index (χ1n) is 13.1. The SMILES string of the molecule is CCc1c(C)c2c3c(C)c1C[S+]([O-])Cc1c(C[S+](C)[O-])c(C[S+](C)[O-])c(c(c1C[S+](C)[O-])C[S+]([O-])C3)C[S+]([O-])C2. The van der Waals surface area contributed by atoms with Gasteiger partial charge in [-0.2, -0.15) is 0 Å².